The van der Waals surface area contributed by atoms with Crippen molar-refractivity contribution in [2.45, 2.75) is 6.42 Å². The number of nitrogens with one attached hydrogen (secondary N) is 1. The van der Waals surface area contributed by atoms with E-state index in [4.69, 9.17) is 0 Å². The second kappa shape index (κ2) is 9.15. The zero-order valence-corrected chi connectivity index (χ0v) is 17.4. The molecule has 3 aromatic rings. The van der Waals surface area contributed by atoms with Crippen LogP contribution in [-0.2, 0) is 6.42 Å². The Morgan fingerprint density at radius 1 is 1.14 bits per heavy atom. The predicted octanol–water partition coefficient (Wildman–Crippen LogP) is 2.93. The Balaban J connectivity index is 1.31. The number of benzene rings is 1. The maximum Gasteiger partial charge on any atom is 0.251 e. The molecule has 0 saturated carbocycles. The zero-order valence-electron chi connectivity index (χ0n) is 16.5. The predicted molar refractivity (Wildman–Crippen MR) is 118 cm³/mol. The van der Waals surface area contributed by atoms with E-state index in [2.05, 4.69) is 49.6 Å². The number of carbonyl (C=O) groups excluding carboxylic acids is 1. The van der Waals surface area contributed by atoms with Crippen LogP contribution in [0.15, 0.2) is 54.0 Å². The molecule has 1 fully saturated rings. The third-order valence-electron chi connectivity index (χ3n) is 5.08. The number of carbonyl (C=O) groups is 1. The first-order chi connectivity index (χ1) is 14.2. The number of thiazole rings is 1. The lowest BCUT2D eigenvalue weighted by atomic mass is 10.2. The molecule has 1 aromatic carbocycles. The van der Waals surface area contributed by atoms with Crippen molar-refractivity contribution in [3.63, 3.8) is 0 Å². The first-order valence-corrected chi connectivity index (χ1v) is 10.7. The zero-order chi connectivity index (χ0) is 20.1. The van der Waals surface area contributed by atoms with Crippen LogP contribution in [-0.4, -0.2) is 60.5 Å². The van der Waals surface area contributed by atoms with E-state index in [1.54, 1.807) is 23.6 Å². The smallest absolute Gasteiger partial charge is 0.251 e. The van der Waals surface area contributed by atoms with Crippen molar-refractivity contribution in [3.8, 4) is 11.3 Å². The Hall–Kier alpha value is -2.77. The second-order valence-corrected chi connectivity index (χ2v) is 8.13. The summed E-state index contributed by atoms with van der Waals surface area (Å²) in [6, 6.07) is 13.8. The van der Waals surface area contributed by atoms with Gasteiger partial charge < -0.3 is 15.1 Å². The molecule has 150 valence electrons. The fourth-order valence-corrected chi connectivity index (χ4v) is 4.13. The van der Waals surface area contributed by atoms with E-state index in [9.17, 15) is 4.79 Å². The van der Waals surface area contributed by atoms with Gasteiger partial charge in [0.2, 0.25) is 0 Å². The van der Waals surface area contributed by atoms with Crippen LogP contribution in [0.2, 0.25) is 0 Å². The maximum atomic E-state index is 12.6. The minimum absolute atomic E-state index is 0.0670. The molecule has 1 amide bonds. The quantitative estimate of drug-likeness (QED) is 0.681. The Labute approximate surface area is 175 Å². The summed E-state index contributed by atoms with van der Waals surface area (Å²) in [6.07, 6.45) is 2.44. The van der Waals surface area contributed by atoms with Crippen LogP contribution in [0.25, 0.3) is 11.3 Å². The number of amides is 1. The molecule has 0 atom stereocenters. The van der Waals surface area contributed by atoms with Gasteiger partial charge in [0.1, 0.15) is 5.82 Å². The first kappa shape index (κ1) is 19.5. The van der Waals surface area contributed by atoms with Crippen LogP contribution in [0.1, 0.15) is 15.4 Å². The van der Waals surface area contributed by atoms with E-state index >= 15 is 0 Å². The van der Waals surface area contributed by atoms with Gasteiger partial charge in [0.25, 0.3) is 5.91 Å². The number of nitrogens with zero attached hydrogens (tertiary/aromatic N) is 4. The molecule has 1 aliphatic rings. The van der Waals surface area contributed by atoms with Crippen LogP contribution in [0.4, 0.5) is 5.82 Å². The molecular weight excluding hydrogens is 382 g/mol. The van der Waals surface area contributed by atoms with E-state index < -0.39 is 0 Å². The molecule has 6 nitrogen and oxygen atoms in total. The fourth-order valence-electron chi connectivity index (χ4n) is 3.32. The lowest BCUT2D eigenvalue weighted by Crippen LogP contribution is -2.44. The van der Waals surface area contributed by atoms with Gasteiger partial charge in [-0.3, -0.25) is 4.79 Å². The van der Waals surface area contributed by atoms with E-state index in [1.807, 2.05) is 24.3 Å². The number of pyridine rings is 1. The molecule has 0 unspecified atom stereocenters. The molecule has 0 bridgehead atoms. The third kappa shape index (κ3) is 4.99. The summed E-state index contributed by atoms with van der Waals surface area (Å²) < 4.78 is 0. The molecular formula is C22H25N5OS. The van der Waals surface area contributed by atoms with Crippen molar-refractivity contribution in [1.29, 1.82) is 0 Å². The van der Waals surface area contributed by atoms with Crippen molar-refractivity contribution in [1.82, 2.24) is 20.2 Å². The number of hydrogen-bond acceptors (Lipinski definition) is 6. The Morgan fingerprint density at radius 3 is 2.72 bits per heavy atom. The highest BCUT2D eigenvalue weighted by Crippen LogP contribution is 2.21. The van der Waals surface area contributed by atoms with E-state index in [1.165, 1.54) is 0 Å². The summed E-state index contributed by atoms with van der Waals surface area (Å²) >= 11 is 1.63. The van der Waals surface area contributed by atoms with Gasteiger partial charge in [0, 0.05) is 61.8 Å². The summed E-state index contributed by atoms with van der Waals surface area (Å²) in [4.78, 5) is 26.2. The Bertz CT molecular complexity index is 951. The summed E-state index contributed by atoms with van der Waals surface area (Å²) in [5.74, 6) is 0.806. The molecule has 1 aliphatic heterocycles. The van der Waals surface area contributed by atoms with Crippen LogP contribution in [0.5, 0.6) is 0 Å². The lowest BCUT2D eigenvalue weighted by Gasteiger charge is -2.33. The van der Waals surface area contributed by atoms with Gasteiger partial charge in [0.15, 0.2) is 0 Å². The maximum absolute atomic E-state index is 12.6. The number of anilines is 1. The molecule has 0 spiro atoms. The largest absolute Gasteiger partial charge is 0.354 e. The highest BCUT2D eigenvalue weighted by Gasteiger charge is 2.16. The Kier molecular flexibility index (Phi) is 6.17. The van der Waals surface area contributed by atoms with Crippen molar-refractivity contribution in [2.24, 2.45) is 0 Å². The van der Waals surface area contributed by atoms with E-state index in [0.717, 1.165) is 54.7 Å². The van der Waals surface area contributed by atoms with Gasteiger partial charge >= 0.3 is 0 Å². The number of aromatic nitrogens is 2. The molecule has 3 heterocycles. The number of piperazine rings is 1. The topological polar surface area (TPSA) is 61.4 Å². The van der Waals surface area contributed by atoms with Crippen LogP contribution in [0, 0.1) is 0 Å². The SMILES string of the molecule is CN1CCN(c2cc(C(=O)NCCc3nc(-c4ccccc4)cs3)ccn2)CC1. The average molecular weight is 408 g/mol. The molecule has 0 aliphatic carbocycles. The number of hydrogen-bond donors (Lipinski definition) is 1. The molecule has 2 aromatic heterocycles. The van der Waals surface area contributed by atoms with Gasteiger partial charge in [-0.1, -0.05) is 30.3 Å². The molecule has 1 saturated heterocycles. The van der Waals surface area contributed by atoms with Crippen molar-refractivity contribution < 1.29 is 4.79 Å². The summed E-state index contributed by atoms with van der Waals surface area (Å²) in [7, 11) is 2.12. The monoisotopic (exact) mass is 407 g/mol. The van der Waals surface area contributed by atoms with Gasteiger partial charge in [-0.05, 0) is 19.2 Å². The molecule has 0 radical (unpaired) electrons. The summed E-state index contributed by atoms with van der Waals surface area (Å²) in [5.41, 5.74) is 2.76. The average Bonchev–Trinajstić information content (AvgIpc) is 3.24. The molecule has 29 heavy (non-hydrogen) atoms. The molecule has 4 rings (SSSR count). The van der Waals surface area contributed by atoms with Crippen LogP contribution >= 0.6 is 11.3 Å². The Morgan fingerprint density at radius 2 is 1.93 bits per heavy atom. The highest BCUT2D eigenvalue weighted by molar-refractivity contribution is 7.09. The lowest BCUT2D eigenvalue weighted by molar-refractivity contribution is 0.0954. The van der Waals surface area contributed by atoms with Crippen molar-refractivity contribution >= 4 is 23.1 Å². The van der Waals surface area contributed by atoms with Gasteiger partial charge in [-0.15, -0.1) is 11.3 Å². The summed E-state index contributed by atoms with van der Waals surface area (Å²) in [5, 5.41) is 6.10. The standard InChI is InChI=1S/C22H25N5OS/c1-26-11-13-27(14-12-26)20-15-18(7-9-23-20)22(28)24-10-8-21-25-19(16-29-21)17-5-3-2-4-6-17/h2-7,9,15-16H,8,10-14H2,1H3,(H,24,28). The van der Waals surface area contributed by atoms with Crippen molar-refractivity contribution in [3.05, 3.63) is 64.6 Å². The highest BCUT2D eigenvalue weighted by atomic mass is 32.1. The minimum atomic E-state index is -0.0670. The number of rotatable bonds is 6. The molecule has 1 N–H and O–H groups in total. The minimum Gasteiger partial charge on any atom is -0.354 e. The fraction of sp³-hybridized carbons (Fsp3) is 0.318. The van der Waals surface area contributed by atoms with Crippen LogP contribution in [0.3, 0.4) is 0 Å². The van der Waals surface area contributed by atoms with Crippen molar-refractivity contribution in [2.75, 3.05) is 44.7 Å². The van der Waals surface area contributed by atoms with Gasteiger partial charge in [0.05, 0.1) is 10.7 Å². The van der Waals surface area contributed by atoms with Crippen LogP contribution < -0.4 is 10.2 Å². The second-order valence-electron chi connectivity index (χ2n) is 7.19. The van der Waals surface area contributed by atoms with E-state index in [0.29, 0.717) is 12.1 Å². The third-order valence-corrected chi connectivity index (χ3v) is 5.99. The van der Waals surface area contributed by atoms with Gasteiger partial charge in [-0.25, -0.2) is 9.97 Å². The van der Waals surface area contributed by atoms with E-state index in [-0.39, 0.29) is 5.91 Å². The normalized spacial score (nSPS) is 14.7. The first-order valence-electron chi connectivity index (χ1n) is 9.86. The molecule has 7 heteroatoms. The summed E-state index contributed by atoms with van der Waals surface area (Å²) in [6.45, 7) is 4.45. The number of likely N-dealkylation sites (N-methyl/N-ethyl adjacent to an activating group) is 1. The van der Waals surface area contributed by atoms with Gasteiger partial charge in [-0.2, -0.15) is 0 Å².